The molecule has 6 heterocycles. The molecule has 105 heavy (non-hydrogen) atoms. The minimum Gasteiger partial charge on any atom is -0.508 e. The zero-order chi connectivity index (χ0) is 71.3. The van der Waals surface area contributed by atoms with Gasteiger partial charge in [-0.25, -0.2) is 0 Å². The molecular formula is C88H96N4O11S2. The standard InChI is InChI=1S/C88H96N4O11S2/c1-48(95)100-44-67-59-22-23-61-76-63(38-58(96)39-72(76)101-47-94)68-26-21-56-40-87(98)30-6-7-31-88(87)55-20-18-51-13-9-15-69-65(42-93)66(43-99-2)53(36-54(51)37-55)17-16-52-19-27-70-60(25-29-74(89)92-70)84(88)85(56)32-33-86(68,46-85)78(61)81(59)102-80(67)77-62-24-28-71-83(103-82(62)79(97)64(41-90-69)75(52)77)73(35-49-10-4-3-5-11-49)105-104-45-50-12-8-14-57(34-50)91-71/h3-5,10-11,18,20,22-25,28-29,37-40,50,52-53,57,65-69,71,73-74,80,83-84,90-94,96-98H,6-9,12-15,21,26,30-36,41-47,89H2,1-2H3. The Hall–Kier alpha value is -7.13. The summed E-state index contributed by atoms with van der Waals surface area (Å²) in [6.07, 6.45) is 23.5. The molecule has 5 aromatic carbocycles. The summed E-state index contributed by atoms with van der Waals surface area (Å²) in [5.41, 5.74) is 18.4. The van der Waals surface area contributed by atoms with Crippen LogP contribution in [0.3, 0.4) is 0 Å². The van der Waals surface area contributed by atoms with Crippen molar-refractivity contribution in [3.63, 3.8) is 0 Å². The Morgan fingerprint density at radius 2 is 1.71 bits per heavy atom. The van der Waals surface area contributed by atoms with Crippen molar-refractivity contribution in [1.29, 1.82) is 0 Å². The van der Waals surface area contributed by atoms with Crippen LogP contribution in [-0.2, 0) is 50.9 Å². The predicted molar refractivity (Wildman–Crippen MR) is 408 cm³/mol. The highest BCUT2D eigenvalue weighted by Crippen LogP contribution is 2.78. The first-order valence-electron chi connectivity index (χ1n) is 39.0. The molecule has 0 amide bonds. The summed E-state index contributed by atoms with van der Waals surface area (Å²) in [6.45, 7) is 1.09. The Bertz CT molecular complexity index is 4650. The van der Waals surface area contributed by atoms with Crippen molar-refractivity contribution in [3.8, 4) is 63.6 Å². The third kappa shape index (κ3) is 10.8. The summed E-state index contributed by atoms with van der Waals surface area (Å²) in [6, 6.07) is 25.5. The summed E-state index contributed by atoms with van der Waals surface area (Å²) < 4.78 is 35.6. The van der Waals surface area contributed by atoms with Gasteiger partial charge in [-0.3, -0.25) is 4.79 Å². The van der Waals surface area contributed by atoms with Crippen LogP contribution < -0.4 is 35.9 Å². The van der Waals surface area contributed by atoms with E-state index in [9.17, 15) is 30.3 Å². The lowest BCUT2D eigenvalue weighted by atomic mass is 9.41. The van der Waals surface area contributed by atoms with Crippen LogP contribution in [0.1, 0.15) is 188 Å². The third-order valence-corrected chi connectivity index (χ3v) is 31.0. The number of hydrogen-bond donors (Lipinski definition) is 9. The number of fused-ring (bicyclic) bond motifs is 13. The Labute approximate surface area is 623 Å². The van der Waals surface area contributed by atoms with Gasteiger partial charge >= 0.3 is 5.97 Å². The molecule has 5 fully saturated rings. The SMILES string of the molecule is COCC1C2C#CC3C#CC4=C(C=CC(N)N4)C4C56CCC7(C5)c5c8ccc9c5OC(c5c%10c(c(O)c(c53)CNC(CCCc3ccc(cc3C2)C42CCCCC2(O)C=C6CCC7c2cc(O)cc(OCO)c2-8)C1CO)OC1C(C=C%10)NC2CCCC(CSSC1Cc1ccccc1)C2)C9COC(C)=O. The van der Waals surface area contributed by atoms with Crippen molar-refractivity contribution in [2.75, 3.05) is 39.5 Å². The topological polar surface area (TPSA) is 226 Å². The van der Waals surface area contributed by atoms with E-state index in [4.69, 9.17) is 29.4 Å². The number of carbonyl (C=O) groups excluding carboxylic acids is 1. The molecular weight excluding hydrogens is 1350 g/mol. The number of aromatic hydroxyl groups is 2. The van der Waals surface area contributed by atoms with Crippen LogP contribution in [0, 0.1) is 58.7 Å². The molecule has 14 aliphatic rings. The second kappa shape index (κ2) is 26.6. The molecule has 0 radical (unpaired) electrons. The molecule has 546 valence electrons. The summed E-state index contributed by atoms with van der Waals surface area (Å²) >= 11 is 0. The van der Waals surface area contributed by atoms with Gasteiger partial charge in [-0.1, -0.05) is 149 Å². The van der Waals surface area contributed by atoms with Crippen LogP contribution in [0.2, 0.25) is 0 Å². The van der Waals surface area contributed by atoms with Gasteiger partial charge in [0.2, 0.25) is 0 Å². The largest absolute Gasteiger partial charge is 0.508 e. The molecule has 12 bridgehead atoms. The van der Waals surface area contributed by atoms with E-state index in [2.05, 4.69) is 131 Å². The lowest BCUT2D eigenvalue weighted by molar-refractivity contribution is -0.141. The van der Waals surface area contributed by atoms with Gasteiger partial charge in [0.25, 0.3) is 0 Å². The number of nitrogens with one attached hydrogen (secondary N) is 3. The fourth-order valence-electron chi connectivity index (χ4n) is 23.8. The number of dihydropyridines is 1. The lowest BCUT2D eigenvalue weighted by Gasteiger charge is -2.63. The van der Waals surface area contributed by atoms with Crippen LogP contribution in [0.4, 0.5) is 0 Å². The van der Waals surface area contributed by atoms with Gasteiger partial charge in [0.05, 0.1) is 41.3 Å². The molecule has 8 aliphatic carbocycles. The van der Waals surface area contributed by atoms with E-state index in [1.165, 1.54) is 35.6 Å². The summed E-state index contributed by atoms with van der Waals surface area (Å²) in [7, 11) is 5.59. The van der Waals surface area contributed by atoms with Crippen LogP contribution >= 0.6 is 21.6 Å². The number of aliphatic hydroxyl groups excluding tert-OH is 2. The van der Waals surface area contributed by atoms with Gasteiger partial charge in [-0.15, -0.1) is 0 Å². The first-order chi connectivity index (χ1) is 51.2. The Morgan fingerprint density at radius 1 is 0.838 bits per heavy atom. The summed E-state index contributed by atoms with van der Waals surface area (Å²) in [4.78, 5) is 13.9. The van der Waals surface area contributed by atoms with E-state index in [-0.39, 0.29) is 78.3 Å². The number of rotatable bonds is 9. The zero-order valence-electron chi connectivity index (χ0n) is 60.0. The molecule has 19 unspecified atom stereocenters. The average molecular weight is 1450 g/mol. The van der Waals surface area contributed by atoms with Gasteiger partial charge in [0, 0.05) is 124 Å². The maximum absolute atomic E-state index is 14.8. The number of phenolic OH excluding ortho intramolecular Hbond substituents is 2. The van der Waals surface area contributed by atoms with Gasteiger partial charge in [0.1, 0.15) is 42.0 Å². The quantitative estimate of drug-likeness (QED) is 0.0220. The van der Waals surface area contributed by atoms with Gasteiger partial charge in [-0.05, 0) is 171 Å². The first-order valence-corrected chi connectivity index (χ1v) is 41.4. The summed E-state index contributed by atoms with van der Waals surface area (Å²) in [5.74, 6) is 15.3. The molecule has 6 aliphatic heterocycles. The normalized spacial score (nSPS) is 35.8. The van der Waals surface area contributed by atoms with Gasteiger partial charge < -0.3 is 70.9 Å². The monoisotopic (exact) mass is 1450 g/mol. The van der Waals surface area contributed by atoms with E-state index in [0.29, 0.717) is 110 Å². The smallest absolute Gasteiger partial charge is 0.302 e. The highest BCUT2D eigenvalue weighted by molar-refractivity contribution is 8.77. The number of hydrogen-bond acceptors (Lipinski definition) is 17. The molecule has 1 saturated heterocycles. The van der Waals surface area contributed by atoms with Crippen molar-refractivity contribution in [3.05, 3.63) is 175 Å². The number of allylic oxidation sites excluding steroid dienone is 4. The second-order valence-corrected chi connectivity index (χ2v) is 35.8. The minimum absolute atomic E-state index is 0.0224. The molecule has 19 rings (SSSR count). The number of nitrogens with two attached hydrogens (primary N) is 1. The Morgan fingerprint density at radius 3 is 2.57 bits per heavy atom. The van der Waals surface area contributed by atoms with E-state index in [1.54, 1.807) is 13.2 Å². The number of carbonyl (C=O) groups is 1. The Kier molecular flexibility index (Phi) is 17.3. The number of phenols is 2. The fourth-order valence-corrected chi connectivity index (χ4v) is 27.0. The summed E-state index contributed by atoms with van der Waals surface area (Å²) in [5, 5.41) is 76.6. The molecule has 0 aromatic heterocycles. The maximum Gasteiger partial charge on any atom is 0.302 e. The number of ether oxygens (including phenoxy) is 5. The highest BCUT2D eigenvalue weighted by atomic mass is 33.1. The van der Waals surface area contributed by atoms with Gasteiger partial charge in [0.15, 0.2) is 18.3 Å². The van der Waals surface area contributed by atoms with Crippen LogP contribution in [0.15, 0.2) is 114 Å². The van der Waals surface area contributed by atoms with Crippen LogP contribution in [0.25, 0.3) is 17.2 Å². The number of methoxy groups -OCH3 is 1. The maximum atomic E-state index is 14.8. The highest BCUT2D eigenvalue weighted by Gasteiger charge is 2.72. The van der Waals surface area contributed by atoms with E-state index in [0.717, 1.165) is 102 Å². The molecule has 3 spiro atoms. The number of aliphatic hydroxyl groups is 3. The minimum atomic E-state index is -1.33. The van der Waals surface area contributed by atoms with Crippen molar-refractivity contribution < 1.29 is 54.0 Å². The molecule has 19 atom stereocenters. The third-order valence-electron chi connectivity index (χ3n) is 28.0. The van der Waals surface area contributed by atoms with Crippen LogP contribution in [0.5, 0.6) is 28.7 Å². The van der Waals surface area contributed by atoms with Crippen molar-refractivity contribution in [2.24, 2.45) is 40.7 Å². The lowest BCUT2D eigenvalue weighted by Crippen LogP contribution is -2.64. The fraction of sp³-hybridized carbons (Fsp3) is 0.511. The van der Waals surface area contributed by atoms with Crippen molar-refractivity contribution >= 4 is 33.6 Å². The number of aryl methyl sites for hydroxylation is 1. The number of esters is 1. The molecule has 17 heteroatoms. The predicted octanol–water partition coefficient (Wildman–Crippen LogP) is 12.9. The zero-order valence-corrected chi connectivity index (χ0v) is 61.7. The van der Waals surface area contributed by atoms with Crippen molar-refractivity contribution in [1.82, 2.24) is 16.0 Å². The van der Waals surface area contributed by atoms with E-state index < -0.39 is 70.7 Å². The molecule has 15 nitrogen and oxygen atoms in total. The molecule has 5 aromatic rings. The molecule has 4 saturated carbocycles. The first kappa shape index (κ1) is 68.4. The van der Waals surface area contributed by atoms with E-state index >= 15 is 0 Å². The average Bonchev–Trinajstić information content (AvgIpc) is 1.62. The second-order valence-electron chi connectivity index (χ2n) is 33.2. The number of benzene rings is 5. The van der Waals surface area contributed by atoms with Crippen molar-refractivity contribution in [2.45, 2.75) is 205 Å². The van der Waals surface area contributed by atoms with Gasteiger partial charge in [-0.2, -0.15) is 0 Å². The molecule has 10 N–H and O–H groups in total. The Balaban J connectivity index is 0.973. The van der Waals surface area contributed by atoms with E-state index in [1.807, 2.05) is 27.7 Å². The van der Waals surface area contributed by atoms with Crippen LogP contribution in [-0.4, -0.2) is 112 Å².